The molecule has 8 nitrogen and oxygen atoms in total. The monoisotopic (exact) mass is 478 g/mol. The third-order valence-electron chi connectivity index (χ3n) is 4.45. The minimum absolute atomic E-state index is 0.120. The normalized spacial score (nSPS) is 18.5. The molecule has 10 heteroatoms. The second kappa shape index (κ2) is 8.75. The van der Waals surface area contributed by atoms with Crippen LogP contribution in [0.4, 0.5) is 9.59 Å². The molecule has 3 rings (SSSR count). The van der Waals surface area contributed by atoms with Crippen LogP contribution in [0, 0.1) is 0 Å². The maximum absolute atomic E-state index is 12.8. The largest absolute Gasteiger partial charge is 0.334 e. The Hall–Kier alpha value is -2.72. The second-order valence-electron chi connectivity index (χ2n) is 6.58. The van der Waals surface area contributed by atoms with Crippen LogP contribution in [0.5, 0.6) is 0 Å². The third kappa shape index (κ3) is 4.83. The van der Waals surface area contributed by atoms with Gasteiger partial charge in [-0.3, -0.25) is 19.8 Å². The number of nitrogens with one attached hydrogen (secondary N) is 3. The van der Waals surface area contributed by atoms with E-state index < -0.39 is 29.4 Å². The fourth-order valence-electron chi connectivity index (χ4n) is 2.87. The number of thiophene rings is 1. The fraction of sp³-hybridized carbons (Fsp3) is 0.263. The van der Waals surface area contributed by atoms with Gasteiger partial charge in [-0.05, 0) is 40.5 Å². The molecule has 0 saturated carbocycles. The lowest BCUT2D eigenvalue weighted by Gasteiger charge is -2.20. The van der Waals surface area contributed by atoms with Gasteiger partial charge in [-0.1, -0.05) is 30.3 Å². The maximum Gasteiger partial charge on any atom is 0.325 e. The number of carbonyl (C=O) groups is 4. The van der Waals surface area contributed by atoms with E-state index in [1.807, 2.05) is 30.3 Å². The number of amides is 6. The van der Waals surface area contributed by atoms with Crippen molar-refractivity contribution in [1.82, 2.24) is 20.9 Å². The summed E-state index contributed by atoms with van der Waals surface area (Å²) in [5, 5.41) is 7.45. The number of hydrogen-bond donors (Lipinski definition) is 3. The maximum atomic E-state index is 12.8. The molecule has 3 N–H and O–H groups in total. The van der Waals surface area contributed by atoms with Gasteiger partial charge in [0, 0.05) is 24.4 Å². The summed E-state index contributed by atoms with van der Waals surface area (Å²) in [6, 6.07) is 11.6. The van der Waals surface area contributed by atoms with E-state index in [-0.39, 0.29) is 19.5 Å². The van der Waals surface area contributed by atoms with Crippen molar-refractivity contribution in [2.75, 3.05) is 6.54 Å². The molecule has 1 fully saturated rings. The molecule has 1 aliphatic rings. The predicted molar refractivity (Wildman–Crippen MR) is 111 cm³/mol. The molecular weight excluding hydrogens is 460 g/mol. The van der Waals surface area contributed by atoms with Crippen molar-refractivity contribution in [3.05, 3.63) is 56.7 Å². The van der Waals surface area contributed by atoms with Crippen LogP contribution < -0.4 is 16.0 Å². The Bertz CT molecular complexity index is 949. The highest BCUT2D eigenvalue weighted by atomic mass is 79.9. The highest BCUT2D eigenvalue weighted by Crippen LogP contribution is 2.35. The van der Waals surface area contributed by atoms with E-state index in [0.29, 0.717) is 4.88 Å². The van der Waals surface area contributed by atoms with Crippen molar-refractivity contribution < 1.29 is 19.2 Å². The van der Waals surface area contributed by atoms with Gasteiger partial charge in [-0.2, -0.15) is 0 Å². The quantitative estimate of drug-likeness (QED) is 0.554. The number of carbonyl (C=O) groups excluding carboxylic acids is 4. The summed E-state index contributed by atoms with van der Waals surface area (Å²) in [6.45, 7) is 1.79. The van der Waals surface area contributed by atoms with E-state index in [9.17, 15) is 19.2 Å². The lowest BCUT2D eigenvalue weighted by Crippen LogP contribution is -2.42. The summed E-state index contributed by atoms with van der Waals surface area (Å²) < 4.78 is 0.843. The first-order valence-electron chi connectivity index (χ1n) is 8.81. The Morgan fingerprint density at radius 1 is 1.17 bits per heavy atom. The van der Waals surface area contributed by atoms with Crippen LogP contribution >= 0.6 is 27.3 Å². The highest BCUT2D eigenvalue weighted by Gasteiger charge is 2.49. The van der Waals surface area contributed by atoms with E-state index in [2.05, 4.69) is 31.9 Å². The minimum atomic E-state index is -1.17. The van der Waals surface area contributed by atoms with Crippen LogP contribution in [0.15, 0.2) is 46.3 Å². The lowest BCUT2D eigenvalue weighted by atomic mass is 10.0. The third-order valence-corrected chi connectivity index (χ3v) is 6.30. The molecule has 6 amide bonds. The van der Waals surface area contributed by atoms with Crippen LogP contribution in [-0.2, 0) is 21.7 Å². The Morgan fingerprint density at radius 2 is 1.90 bits per heavy atom. The van der Waals surface area contributed by atoms with Gasteiger partial charge in [-0.25, -0.2) is 9.59 Å². The van der Waals surface area contributed by atoms with Crippen molar-refractivity contribution >= 4 is 51.1 Å². The average molecular weight is 479 g/mol. The van der Waals surface area contributed by atoms with Crippen LogP contribution in [0.1, 0.15) is 23.8 Å². The zero-order valence-corrected chi connectivity index (χ0v) is 17.9. The Labute approximate surface area is 179 Å². The van der Waals surface area contributed by atoms with Gasteiger partial charge >= 0.3 is 12.1 Å². The number of imide groups is 2. The van der Waals surface area contributed by atoms with Crippen molar-refractivity contribution in [3.63, 3.8) is 0 Å². The van der Waals surface area contributed by atoms with Crippen LogP contribution in [0.25, 0.3) is 0 Å². The molecule has 1 aliphatic heterocycles. The molecule has 1 unspecified atom stereocenters. The first-order chi connectivity index (χ1) is 13.8. The van der Waals surface area contributed by atoms with Crippen molar-refractivity contribution in [2.45, 2.75) is 25.4 Å². The summed E-state index contributed by atoms with van der Waals surface area (Å²) >= 11 is 4.69. The predicted octanol–water partition coefficient (Wildman–Crippen LogP) is 2.69. The molecule has 1 aromatic heterocycles. The smallest absolute Gasteiger partial charge is 0.325 e. The molecule has 2 heterocycles. The second-order valence-corrected chi connectivity index (χ2v) is 9.05. The van der Waals surface area contributed by atoms with Gasteiger partial charge in [0.25, 0.3) is 5.91 Å². The SMILES string of the molecule is CC1(c2ccc(Br)s2)NC(=O)N(CCC(=O)NC(=O)NCc2ccccc2)C1=O. The molecule has 0 aliphatic carbocycles. The van der Waals surface area contributed by atoms with E-state index >= 15 is 0 Å². The van der Waals surface area contributed by atoms with E-state index in [0.717, 1.165) is 14.2 Å². The summed E-state index contributed by atoms with van der Waals surface area (Å²) in [5.74, 6) is -1.01. The molecule has 0 bridgehead atoms. The number of halogens is 1. The van der Waals surface area contributed by atoms with Crippen LogP contribution in [0.3, 0.4) is 0 Å². The van der Waals surface area contributed by atoms with E-state index in [1.165, 1.54) is 11.3 Å². The number of urea groups is 2. The molecule has 0 radical (unpaired) electrons. The molecular formula is C19H19BrN4O4S. The number of rotatable bonds is 6. The summed E-state index contributed by atoms with van der Waals surface area (Å²) in [4.78, 5) is 50.6. The van der Waals surface area contributed by atoms with Crippen molar-refractivity contribution in [2.24, 2.45) is 0 Å². The summed E-state index contributed by atoms with van der Waals surface area (Å²) in [7, 11) is 0. The van der Waals surface area contributed by atoms with E-state index in [4.69, 9.17) is 0 Å². The zero-order valence-electron chi connectivity index (χ0n) is 15.5. The van der Waals surface area contributed by atoms with Gasteiger partial charge in [0.05, 0.1) is 3.79 Å². The first kappa shape index (κ1) is 21.0. The van der Waals surface area contributed by atoms with Gasteiger partial charge in [0.15, 0.2) is 5.54 Å². The van der Waals surface area contributed by atoms with Gasteiger partial charge in [-0.15, -0.1) is 11.3 Å². The molecule has 1 atom stereocenters. The highest BCUT2D eigenvalue weighted by molar-refractivity contribution is 9.11. The molecule has 0 spiro atoms. The zero-order chi connectivity index (χ0) is 21.0. The van der Waals surface area contributed by atoms with Gasteiger partial charge < -0.3 is 10.6 Å². The lowest BCUT2D eigenvalue weighted by molar-refractivity contribution is -0.131. The van der Waals surface area contributed by atoms with Gasteiger partial charge in [0.2, 0.25) is 5.91 Å². The standard InChI is InChI=1S/C19H19BrN4O4S/c1-19(13-7-8-14(20)29-13)16(26)24(18(28)23-19)10-9-15(25)22-17(27)21-11-12-5-3-2-4-6-12/h2-8H,9-11H2,1H3,(H,23,28)(H2,21,22,25,27). The molecule has 152 valence electrons. The molecule has 1 saturated heterocycles. The Kier molecular flexibility index (Phi) is 6.33. The van der Waals surface area contributed by atoms with Crippen LogP contribution in [0.2, 0.25) is 0 Å². The summed E-state index contributed by atoms with van der Waals surface area (Å²) in [6.07, 6.45) is -0.178. The first-order valence-corrected chi connectivity index (χ1v) is 10.4. The average Bonchev–Trinajstić information content (AvgIpc) is 3.22. The Balaban J connectivity index is 1.50. The number of nitrogens with zero attached hydrogens (tertiary/aromatic N) is 1. The topological polar surface area (TPSA) is 108 Å². The van der Waals surface area contributed by atoms with Crippen molar-refractivity contribution in [3.8, 4) is 0 Å². The number of hydrogen-bond acceptors (Lipinski definition) is 5. The molecule has 1 aromatic carbocycles. The number of benzene rings is 1. The molecule has 2 aromatic rings. The van der Waals surface area contributed by atoms with E-state index in [1.54, 1.807) is 19.1 Å². The fourth-order valence-corrected chi connectivity index (χ4v) is 4.35. The minimum Gasteiger partial charge on any atom is -0.334 e. The molecule has 29 heavy (non-hydrogen) atoms. The van der Waals surface area contributed by atoms with Gasteiger partial charge in [0.1, 0.15) is 0 Å². The summed E-state index contributed by atoms with van der Waals surface area (Å²) in [5.41, 5.74) is -0.272. The Morgan fingerprint density at radius 3 is 2.55 bits per heavy atom. The van der Waals surface area contributed by atoms with Crippen LogP contribution in [-0.4, -0.2) is 35.3 Å². The van der Waals surface area contributed by atoms with Crippen molar-refractivity contribution in [1.29, 1.82) is 0 Å².